The van der Waals surface area contributed by atoms with Crippen molar-refractivity contribution >= 4 is 5.97 Å². The van der Waals surface area contributed by atoms with Crippen molar-refractivity contribution in [1.82, 2.24) is 9.88 Å². The lowest BCUT2D eigenvalue weighted by Gasteiger charge is -2.21. The SMILES string of the molecule is CC(C(=O)O)N(C)Cc1ccc(-c2ccncc2)cc1F. The lowest BCUT2D eigenvalue weighted by molar-refractivity contribution is -0.142. The summed E-state index contributed by atoms with van der Waals surface area (Å²) in [5.41, 5.74) is 2.14. The maximum Gasteiger partial charge on any atom is 0.320 e. The predicted molar refractivity (Wildman–Crippen MR) is 78.2 cm³/mol. The van der Waals surface area contributed by atoms with Crippen LogP contribution in [0.5, 0.6) is 0 Å². The second kappa shape index (κ2) is 6.45. The number of hydrogen-bond donors (Lipinski definition) is 1. The molecule has 5 heteroatoms. The average Bonchev–Trinajstić information content (AvgIpc) is 2.49. The van der Waals surface area contributed by atoms with Gasteiger partial charge in [0.15, 0.2) is 0 Å². The minimum atomic E-state index is -0.925. The summed E-state index contributed by atoms with van der Waals surface area (Å²) in [6.07, 6.45) is 3.31. The zero-order chi connectivity index (χ0) is 15.4. The van der Waals surface area contributed by atoms with Gasteiger partial charge in [-0.2, -0.15) is 0 Å². The van der Waals surface area contributed by atoms with Crippen molar-refractivity contribution in [3.05, 3.63) is 54.1 Å². The molecule has 0 saturated carbocycles. The third-order valence-corrected chi connectivity index (χ3v) is 3.51. The molecule has 21 heavy (non-hydrogen) atoms. The molecular weight excluding hydrogens is 271 g/mol. The van der Waals surface area contributed by atoms with E-state index in [1.807, 2.05) is 18.2 Å². The van der Waals surface area contributed by atoms with Gasteiger partial charge in [-0.15, -0.1) is 0 Å². The number of hydrogen-bond acceptors (Lipinski definition) is 3. The molecule has 0 aliphatic heterocycles. The molecule has 1 N–H and O–H groups in total. The van der Waals surface area contributed by atoms with E-state index >= 15 is 0 Å². The number of aliphatic carboxylic acids is 1. The average molecular weight is 288 g/mol. The van der Waals surface area contributed by atoms with Gasteiger partial charge in [0, 0.05) is 24.5 Å². The largest absolute Gasteiger partial charge is 0.480 e. The fraction of sp³-hybridized carbons (Fsp3) is 0.250. The summed E-state index contributed by atoms with van der Waals surface area (Å²) >= 11 is 0. The summed E-state index contributed by atoms with van der Waals surface area (Å²) in [7, 11) is 1.66. The van der Waals surface area contributed by atoms with Gasteiger partial charge in [-0.3, -0.25) is 14.7 Å². The van der Waals surface area contributed by atoms with Crippen LogP contribution >= 0.6 is 0 Å². The molecule has 1 heterocycles. The molecule has 1 aromatic heterocycles. The molecule has 1 unspecified atom stereocenters. The van der Waals surface area contributed by atoms with E-state index in [1.165, 1.54) is 6.07 Å². The Labute approximate surface area is 122 Å². The van der Waals surface area contributed by atoms with Crippen LogP contribution in [0.4, 0.5) is 4.39 Å². The van der Waals surface area contributed by atoms with Gasteiger partial charge >= 0.3 is 5.97 Å². The maximum absolute atomic E-state index is 14.2. The Morgan fingerprint density at radius 3 is 2.52 bits per heavy atom. The first-order valence-electron chi connectivity index (χ1n) is 6.61. The minimum Gasteiger partial charge on any atom is -0.480 e. The van der Waals surface area contributed by atoms with Crippen LogP contribution in [0.25, 0.3) is 11.1 Å². The first-order chi connectivity index (χ1) is 9.99. The number of benzene rings is 1. The van der Waals surface area contributed by atoms with Crippen molar-refractivity contribution in [2.24, 2.45) is 0 Å². The van der Waals surface area contributed by atoms with E-state index in [2.05, 4.69) is 4.98 Å². The first kappa shape index (κ1) is 15.1. The van der Waals surface area contributed by atoms with E-state index in [-0.39, 0.29) is 12.4 Å². The van der Waals surface area contributed by atoms with Crippen molar-refractivity contribution in [2.45, 2.75) is 19.5 Å². The molecule has 0 radical (unpaired) electrons. The highest BCUT2D eigenvalue weighted by Gasteiger charge is 2.18. The standard InChI is InChI=1S/C16H17FN2O2/c1-11(16(20)21)19(2)10-14-4-3-13(9-15(14)17)12-5-7-18-8-6-12/h3-9,11H,10H2,1-2H3,(H,20,21). The van der Waals surface area contributed by atoms with Crippen LogP contribution in [0.2, 0.25) is 0 Å². The Balaban J connectivity index is 2.19. The molecule has 4 nitrogen and oxygen atoms in total. The fourth-order valence-electron chi connectivity index (χ4n) is 1.99. The van der Waals surface area contributed by atoms with Gasteiger partial charge in [0.25, 0.3) is 0 Å². The van der Waals surface area contributed by atoms with Gasteiger partial charge in [-0.05, 0) is 43.3 Å². The van der Waals surface area contributed by atoms with E-state index in [1.54, 1.807) is 37.3 Å². The molecule has 1 aromatic carbocycles. The molecule has 0 aliphatic carbocycles. The van der Waals surface area contributed by atoms with Crippen LogP contribution < -0.4 is 0 Å². The van der Waals surface area contributed by atoms with E-state index in [9.17, 15) is 9.18 Å². The quantitative estimate of drug-likeness (QED) is 0.919. The van der Waals surface area contributed by atoms with Gasteiger partial charge < -0.3 is 5.11 Å². The number of pyridine rings is 1. The molecule has 0 saturated heterocycles. The number of carboxylic acids is 1. The number of nitrogens with zero attached hydrogens (tertiary/aromatic N) is 2. The van der Waals surface area contributed by atoms with Crippen molar-refractivity contribution < 1.29 is 14.3 Å². The van der Waals surface area contributed by atoms with Crippen LogP contribution in [0.3, 0.4) is 0 Å². The van der Waals surface area contributed by atoms with Crippen LogP contribution in [0.1, 0.15) is 12.5 Å². The monoisotopic (exact) mass is 288 g/mol. The molecule has 0 bridgehead atoms. The highest BCUT2D eigenvalue weighted by atomic mass is 19.1. The second-order valence-corrected chi connectivity index (χ2v) is 4.97. The molecule has 0 spiro atoms. The highest BCUT2D eigenvalue weighted by molar-refractivity contribution is 5.72. The lowest BCUT2D eigenvalue weighted by Crippen LogP contribution is -2.35. The topological polar surface area (TPSA) is 53.4 Å². The number of rotatable bonds is 5. The van der Waals surface area contributed by atoms with Crippen molar-refractivity contribution in [3.63, 3.8) is 0 Å². The number of halogens is 1. The molecule has 0 aliphatic rings. The Bertz CT molecular complexity index is 631. The van der Waals surface area contributed by atoms with E-state index < -0.39 is 12.0 Å². The van der Waals surface area contributed by atoms with Crippen molar-refractivity contribution in [3.8, 4) is 11.1 Å². The predicted octanol–water partition coefficient (Wildman–Crippen LogP) is 2.79. The van der Waals surface area contributed by atoms with Crippen molar-refractivity contribution in [2.75, 3.05) is 7.05 Å². The lowest BCUT2D eigenvalue weighted by atomic mass is 10.0. The van der Waals surface area contributed by atoms with Crippen LogP contribution in [-0.2, 0) is 11.3 Å². The molecule has 0 fully saturated rings. The zero-order valence-electron chi connectivity index (χ0n) is 12.0. The molecule has 2 rings (SSSR count). The minimum absolute atomic E-state index is 0.246. The highest BCUT2D eigenvalue weighted by Crippen LogP contribution is 2.22. The van der Waals surface area contributed by atoms with Gasteiger partial charge in [0.05, 0.1) is 0 Å². The Morgan fingerprint density at radius 2 is 1.95 bits per heavy atom. The Kier molecular flexibility index (Phi) is 4.65. The number of likely N-dealkylation sites (N-methyl/N-ethyl adjacent to an activating group) is 1. The number of aromatic nitrogens is 1. The van der Waals surface area contributed by atoms with E-state index in [4.69, 9.17) is 5.11 Å². The number of carbonyl (C=O) groups is 1. The Hall–Kier alpha value is -2.27. The van der Waals surface area contributed by atoms with Crippen molar-refractivity contribution in [1.29, 1.82) is 0 Å². The number of carboxylic acid groups (broad SMARTS) is 1. The van der Waals surface area contributed by atoms with E-state index in [0.29, 0.717) is 5.56 Å². The third kappa shape index (κ3) is 3.64. The summed E-state index contributed by atoms with van der Waals surface area (Å²) in [5, 5.41) is 8.95. The molecule has 0 amide bonds. The molecule has 2 aromatic rings. The summed E-state index contributed by atoms with van der Waals surface area (Å²) in [6.45, 7) is 1.82. The normalized spacial score (nSPS) is 12.4. The Morgan fingerprint density at radius 1 is 1.29 bits per heavy atom. The van der Waals surface area contributed by atoms with Crippen LogP contribution in [0.15, 0.2) is 42.7 Å². The van der Waals surface area contributed by atoms with Gasteiger partial charge in [0.2, 0.25) is 0 Å². The molecule has 1 atom stereocenters. The van der Waals surface area contributed by atoms with Crippen LogP contribution in [-0.4, -0.2) is 34.0 Å². The summed E-state index contributed by atoms with van der Waals surface area (Å²) in [5.74, 6) is -1.26. The second-order valence-electron chi connectivity index (χ2n) is 4.97. The van der Waals surface area contributed by atoms with Gasteiger partial charge in [-0.1, -0.05) is 12.1 Å². The van der Waals surface area contributed by atoms with Gasteiger partial charge in [0.1, 0.15) is 11.9 Å². The smallest absolute Gasteiger partial charge is 0.320 e. The molecule has 110 valence electrons. The third-order valence-electron chi connectivity index (χ3n) is 3.51. The van der Waals surface area contributed by atoms with Crippen LogP contribution in [0, 0.1) is 5.82 Å². The summed E-state index contributed by atoms with van der Waals surface area (Å²) in [4.78, 5) is 16.4. The summed E-state index contributed by atoms with van der Waals surface area (Å²) in [6, 6.07) is 7.94. The van der Waals surface area contributed by atoms with Gasteiger partial charge in [-0.25, -0.2) is 4.39 Å². The maximum atomic E-state index is 14.2. The molecular formula is C16H17FN2O2. The fourth-order valence-corrected chi connectivity index (χ4v) is 1.99. The summed E-state index contributed by atoms with van der Waals surface area (Å²) < 4.78 is 14.2. The first-order valence-corrected chi connectivity index (χ1v) is 6.61. The zero-order valence-corrected chi connectivity index (χ0v) is 12.0. The van der Waals surface area contributed by atoms with E-state index in [0.717, 1.165) is 11.1 Å².